The van der Waals surface area contributed by atoms with Crippen LogP contribution in [0.25, 0.3) is 6.08 Å². The average molecular weight is 422 g/mol. The first-order valence-electron chi connectivity index (χ1n) is 6.08. The van der Waals surface area contributed by atoms with Gasteiger partial charge in [-0.2, -0.15) is 18.0 Å². The number of benzene rings is 1. The summed E-state index contributed by atoms with van der Waals surface area (Å²) in [7, 11) is 0. The lowest BCUT2D eigenvalue weighted by molar-refractivity contribution is -0.137. The summed E-state index contributed by atoms with van der Waals surface area (Å²) in [6, 6.07) is 3.31. The van der Waals surface area contributed by atoms with Crippen LogP contribution in [0.3, 0.4) is 0 Å². The molecule has 0 N–H and O–H groups in total. The maximum Gasteiger partial charge on any atom is 0.416 e. The standard InChI is InChI=1S/C13H10F3IN4O/c1-8-18-20-21(19-8)7-10-6-11(13(14,15)16)4-2-9(10)3-5-12(17)22/h2-6H,7H2,1H3/b5-3+. The van der Waals surface area contributed by atoms with E-state index in [2.05, 4.69) is 15.4 Å². The molecule has 0 unspecified atom stereocenters. The molecule has 0 radical (unpaired) electrons. The monoisotopic (exact) mass is 422 g/mol. The zero-order valence-corrected chi connectivity index (χ0v) is 13.5. The fraction of sp³-hybridized carbons (Fsp3) is 0.231. The van der Waals surface area contributed by atoms with Gasteiger partial charge in [-0.05, 0) is 41.5 Å². The highest BCUT2D eigenvalue weighted by atomic mass is 127. The van der Waals surface area contributed by atoms with Crippen molar-refractivity contribution in [2.45, 2.75) is 19.6 Å². The van der Waals surface area contributed by atoms with Gasteiger partial charge in [0.15, 0.2) is 5.82 Å². The van der Waals surface area contributed by atoms with Gasteiger partial charge in [0.1, 0.15) is 0 Å². The lowest BCUT2D eigenvalue weighted by Crippen LogP contribution is -2.10. The fourth-order valence-electron chi connectivity index (χ4n) is 1.78. The summed E-state index contributed by atoms with van der Waals surface area (Å²) in [4.78, 5) is 12.2. The van der Waals surface area contributed by atoms with Gasteiger partial charge < -0.3 is 0 Å². The maximum atomic E-state index is 12.8. The third-order valence-corrected chi connectivity index (χ3v) is 3.09. The number of tetrazole rings is 1. The van der Waals surface area contributed by atoms with Crippen molar-refractivity contribution in [1.29, 1.82) is 0 Å². The molecule has 0 spiro atoms. The highest BCUT2D eigenvalue weighted by Crippen LogP contribution is 2.31. The zero-order chi connectivity index (χ0) is 16.3. The van der Waals surface area contributed by atoms with Crippen molar-refractivity contribution >= 4 is 32.5 Å². The highest BCUT2D eigenvalue weighted by Gasteiger charge is 2.30. The van der Waals surface area contributed by atoms with Gasteiger partial charge in [0, 0.05) is 22.6 Å². The molecule has 0 saturated heterocycles. The zero-order valence-electron chi connectivity index (χ0n) is 11.3. The molecular formula is C13H10F3IN4O. The third-order valence-electron chi connectivity index (χ3n) is 2.73. The van der Waals surface area contributed by atoms with Gasteiger partial charge in [-0.15, -0.1) is 10.2 Å². The van der Waals surface area contributed by atoms with Crippen LogP contribution >= 0.6 is 22.6 Å². The summed E-state index contributed by atoms with van der Waals surface area (Å²) in [5.74, 6) is 0.423. The van der Waals surface area contributed by atoms with Crippen molar-refractivity contribution in [2.75, 3.05) is 0 Å². The molecule has 0 atom stereocenters. The molecule has 116 valence electrons. The minimum Gasteiger partial charge on any atom is -0.283 e. The minimum absolute atomic E-state index is 0.0276. The number of carbonyl (C=O) groups is 1. The predicted molar refractivity (Wildman–Crippen MR) is 81.2 cm³/mol. The first-order valence-corrected chi connectivity index (χ1v) is 7.15. The molecule has 1 aromatic carbocycles. The summed E-state index contributed by atoms with van der Waals surface area (Å²) in [5, 5.41) is 11.4. The van der Waals surface area contributed by atoms with Crippen molar-refractivity contribution in [1.82, 2.24) is 20.2 Å². The van der Waals surface area contributed by atoms with Crippen LogP contribution in [0.15, 0.2) is 24.3 Å². The Labute approximate surface area is 137 Å². The Morgan fingerprint density at radius 2 is 2.14 bits per heavy atom. The van der Waals surface area contributed by atoms with Crippen molar-refractivity contribution in [3.05, 3.63) is 46.8 Å². The van der Waals surface area contributed by atoms with Crippen molar-refractivity contribution in [3.8, 4) is 0 Å². The molecule has 0 aliphatic heterocycles. The smallest absolute Gasteiger partial charge is 0.283 e. The van der Waals surface area contributed by atoms with Gasteiger partial charge >= 0.3 is 6.18 Å². The Bertz CT molecular complexity index is 724. The summed E-state index contributed by atoms with van der Waals surface area (Å²) in [6.07, 6.45) is -1.69. The number of rotatable bonds is 4. The van der Waals surface area contributed by atoms with Crippen molar-refractivity contribution in [3.63, 3.8) is 0 Å². The van der Waals surface area contributed by atoms with Crippen LogP contribution in [0, 0.1) is 6.92 Å². The Kier molecular flexibility index (Phi) is 4.94. The summed E-state index contributed by atoms with van der Waals surface area (Å²) in [6.45, 7) is 1.66. The van der Waals surface area contributed by atoms with Crippen LogP contribution in [0.1, 0.15) is 22.5 Å². The van der Waals surface area contributed by atoms with Crippen LogP contribution in [0.5, 0.6) is 0 Å². The van der Waals surface area contributed by atoms with Crippen LogP contribution in [-0.4, -0.2) is 24.0 Å². The molecule has 0 saturated carbocycles. The SMILES string of the molecule is Cc1nnn(Cc2cc(C(F)(F)F)ccc2/C=C/C(=O)I)n1. The topological polar surface area (TPSA) is 60.7 Å². The first-order chi connectivity index (χ1) is 10.3. The second kappa shape index (κ2) is 6.55. The number of aromatic nitrogens is 4. The lowest BCUT2D eigenvalue weighted by atomic mass is 10.0. The van der Waals surface area contributed by atoms with E-state index in [-0.39, 0.29) is 10.3 Å². The van der Waals surface area contributed by atoms with Gasteiger partial charge in [0.25, 0.3) is 0 Å². The number of alkyl halides is 3. The van der Waals surface area contributed by atoms with E-state index in [0.717, 1.165) is 12.1 Å². The number of halogens is 4. The third kappa shape index (κ3) is 4.36. The van der Waals surface area contributed by atoms with Crippen LogP contribution < -0.4 is 0 Å². The Morgan fingerprint density at radius 1 is 1.41 bits per heavy atom. The minimum atomic E-state index is -4.44. The molecule has 0 aliphatic carbocycles. The molecule has 1 heterocycles. The molecule has 22 heavy (non-hydrogen) atoms. The molecule has 5 nitrogen and oxygen atoms in total. The van der Waals surface area contributed by atoms with Gasteiger partial charge in [-0.3, -0.25) is 4.79 Å². The molecule has 0 fully saturated rings. The van der Waals surface area contributed by atoms with E-state index >= 15 is 0 Å². The highest BCUT2D eigenvalue weighted by molar-refractivity contribution is 14.1. The van der Waals surface area contributed by atoms with E-state index in [1.807, 2.05) is 0 Å². The molecule has 0 amide bonds. The van der Waals surface area contributed by atoms with Gasteiger partial charge in [-0.25, -0.2) is 0 Å². The van der Waals surface area contributed by atoms with Gasteiger partial charge in [0.05, 0.1) is 12.1 Å². The van der Waals surface area contributed by atoms with Crippen molar-refractivity contribution < 1.29 is 18.0 Å². The van der Waals surface area contributed by atoms with Crippen LogP contribution in [0.4, 0.5) is 13.2 Å². The number of nitrogens with zero attached hydrogens (tertiary/aromatic N) is 4. The Balaban J connectivity index is 2.42. The number of hydrogen-bond acceptors (Lipinski definition) is 4. The Hall–Kier alpha value is -1.78. The quantitative estimate of drug-likeness (QED) is 0.432. The number of hydrogen-bond donors (Lipinski definition) is 0. The summed E-state index contributed by atoms with van der Waals surface area (Å²) < 4.78 is 38.3. The number of carbonyl (C=O) groups excluding carboxylic acids is 1. The second-order valence-corrected chi connectivity index (χ2v) is 5.48. The molecule has 9 heteroatoms. The maximum absolute atomic E-state index is 12.8. The van der Waals surface area contributed by atoms with E-state index in [0.29, 0.717) is 17.0 Å². The van der Waals surface area contributed by atoms with E-state index in [1.165, 1.54) is 23.0 Å². The van der Waals surface area contributed by atoms with Crippen molar-refractivity contribution in [2.24, 2.45) is 0 Å². The van der Waals surface area contributed by atoms with Gasteiger partial charge in [-0.1, -0.05) is 12.1 Å². The average Bonchev–Trinajstić information content (AvgIpc) is 2.81. The van der Waals surface area contributed by atoms with E-state index in [9.17, 15) is 18.0 Å². The lowest BCUT2D eigenvalue weighted by Gasteiger charge is -2.11. The van der Waals surface area contributed by atoms with Crippen LogP contribution in [-0.2, 0) is 17.5 Å². The number of aryl methyl sites for hydroxylation is 1. The van der Waals surface area contributed by atoms with E-state index in [1.54, 1.807) is 29.5 Å². The summed E-state index contributed by atoms with van der Waals surface area (Å²) >= 11 is 1.58. The molecular weight excluding hydrogens is 412 g/mol. The molecule has 0 bridgehead atoms. The summed E-state index contributed by atoms with van der Waals surface area (Å²) in [5.41, 5.74) is 0.0754. The van der Waals surface area contributed by atoms with E-state index in [4.69, 9.17) is 0 Å². The molecule has 1 aromatic heterocycles. The molecule has 2 rings (SSSR count). The molecule has 0 aliphatic rings. The second-order valence-electron chi connectivity index (χ2n) is 4.42. The Morgan fingerprint density at radius 3 is 2.68 bits per heavy atom. The van der Waals surface area contributed by atoms with Gasteiger partial charge in [0.2, 0.25) is 3.79 Å². The number of allylic oxidation sites excluding steroid dienone is 1. The fourth-order valence-corrected chi connectivity index (χ4v) is 1.96. The van der Waals surface area contributed by atoms with E-state index < -0.39 is 11.7 Å². The largest absolute Gasteiger partial charge is 0.416 e. The molecule has 2 aromatic rings. The van der Waals surface area contributed by atoms with Crippen LogP contribution in [0.2, 0.25) is 0 Å². The first kappa shape index (κ1) is 16.6. The normalized spacial score (nSPS) is 12.0. The predicted octanol–water partition coefficient (Wildman–Crippen LogP) is 3.02.